The Morgan fingerprint density at radius 1 is 1.19 bits per heavy atom. The maximum Gasteiger partial charge on any atom is 0.270 e. The van der Waals surface area contributed by atoms with Crippen LogP contribution in [-0.2, 0) is 4.79 Å². The van der Waals surface area contributed by atoms with Crippen LogP contribution in [0.5, 0.6) is 5.75 Å². The summed E-state index contributed by atoms with van der Waals surface area (Å²) in [6.45, 7) is 3.38. The molecule has 3 atom stereocenters. The number of carbonyl (C=O) groups excluding carboxylic acids is 1. The number of ketones is 1. The SMILES string of the molecule is CC(=O)[C@H]1[C@@H]2c3ccccc3O[C@]1(C)N=c1s/c(=C/c3ccc(N(C)C)cc3)c(=O)n12. The van der Waals surface area contributed by atoms with Gasteiger partial charge >= 0.3 is 0 Å². The maximum atomic E-state index is 13.5. The summed E-state index contributed by atoms with van der Waals surface area (Å²) in [5.41, 5.74) is 1.71. The van der Waals surface area contributed by atoms with Gasteiger partial charge in [-0.25, -0.2) is 4.99 Å². The second-order valence-corrected chi connectivity index (χ2v) is 9.40. The normalized spacial score (nSPS) is 23.9. The number of hydrogen-bond acceptors (Lipinski definition) is 6. The molecule has 0 spiro atoms. The van der Waals surface area contributed by atoms with Gasteiger partial charge in [0.15, 0.2) is 4.80 Å². The van der Waals surface area contributed by atoms with Crippen LogP contribution in [0.2, 0.25) is 0 Å². The number of hydrogen-bond donors (Lipinski definition) is 0. The Bertz CT molecular complexity index is 1370. The topological polar surface area (TPSA) is 63.9 Å². The highest BCUT2D eigenvalue weighted by molar-refractivity contribution is 7.07. The summed E-state index contributed by atoms with van der Waals surface area (Å²) >= 11 is 1.34. The van der Waals surface area contributed by atoms with E-state index in [0.29, 0.717) is 15.1 Å². The lowest BCUT2D eigenvalue weighted by molar-refractivity contribution is -0.132. The molecule has 3 heterocycles. The van der Waals surface area contributed by atoms with Crippen LogP contribution in [-0.4, -0.2) is 30.2 Å². The highest BCUT2D eigenvalue weighted by Crippen LogP contribution is 2.47. The Kier molecular flexibility index (Phi) is 4.41. The van der Waals surface area contributed by atoms with Crippen molar-refractivity contribution in [3.05, 3.63) is 79.3 Å². The van der Waals surface area contributed by atoms with Crippen molar-refractivity contribution < 1.29 is 9.53 Å². The van der Waals surface area contributed by atoms with E-state index in [1.54, 1.807) is 11.5 Å². The summed E-state index contributed by atoms with van der Waals surface area (Å²) in [6, 6.07) is 15.2. The van der Waals surface area contributed by atoms with E-state index in [9.17, 15) is 9.59 Å². The van der Waals surface area contributed by atoms with Crippen molar-refractivity contribution in [3.63, 3.8) is 0 Å². The zero-order valence-electron chi connectivity index (χ0n) is 17.8. The molecule has 0 saturated heterocycles. The molecule has 2 aliphatic rings. The molecule has 1 aromatic heterocycles. The van der Waals surface area contributed by atoms with E-state index in [4.69, 9.17) is 9.73 Å². The Hall–Kier alpha value is -3.19. The van der Waals surface area contributed by atoms with Gasteiger partial charge in [0.1, 0.15) is 17.5 Å². The molecule has 0 N–H and O–H groups in total. The Balaban J connectivity index is 1.73. The van der Waals surface area contributed by atoms with Crippen LogP contribution in [0.15, 0.2) is 58.3 Å². The van der Waals surface area contributed by atoms with Gasteiger partial charge in [-0.3, -0.25) is 14.2 Å². The number of para-hydroxylation sites is 1. The van der Waals surface area contributed by atoms with Crippen LogP contribution >= 0.6 is 11.3 Å². The average molecular weight is 434 g/mol. The van der Waals surface area contributed by atoms with Gasteiger partial charge in [0.05, 0.1) is 10.6 Å². The van der Waals surface area contributed by atoms with E-state index < -0.39 is 17.7 Å². The summed E-state index contributed by atoms with van der Waals surface area (Å²) in [5.74, 6) is 0.0681. The molecule has 0 fully saturated rings. The molecular weight excluding hydrogens is 410 g/mol. The molecule has 158 valence electrons. The van der Waals surface area contributed by atoms with Gasteiger partial charge < -0.3 is 9.64 Å². The number of carbonyl (C=O) groups is 1. The first-order valence-electron chi connectivity index (χ1n) is 10.2. The smallest absolute Gasteiger partial charge is 0.270 e. The van der Waals surface area contributed by atoms with E-state index in [1.807, 2.05) is 80.5 Å². The fourth-order valence-electron chi connectivity index (χ4n) is 4.58. The minimum atomic E-state index is -1.03. The highest BCUT2D eigenvalue weighted by atomic mass is 32.1. The number of Topliss-reactive ketones (excluding diaryl/α,β-unsaturated/α-hetero) is 1. The van der Waals surface area contributed by atoms with Crippen molar-refractivity contribution in [2.45, 2.75) is 25.6 Å². The first-order valence-corrected chi connectivity index (χ1v) is 11.0. The third-order valence-corrected chi connectivity index (χ3v) is 7.01. The third-order valence-electron chi connectivity index (χ3n) is 6.02. The number of thiazole rings is 1. The number of aromatic nitrogens is 1. The van der Waals surface area contributed by atoms with E-state index in [1.165, 1.54) is 11.3 Å². The Labute approximate surface area is 183 Å². The van der Waals surface area contributed by atoms with E-state index in [2.05, 4.69) is 0 Å². The lowest BCUT2D eigenvalue weighted by Crippen LogP contribution is -2.58. The molecule has 3 aromatic rings. The van der Waals surface area contributed by atoms with E-state index in [-0.39, 0.29) is 11.3 Å². The molecule has 6 nitrogen and oxygen atoms in total. The van der Waals surface area contributed by atoms with Gasteiger partial charge in [-0.1, -0.05) is 41.7 Å². The lowest BCUT2D eigenvalue weighted by atomic mass is 9.79. The Morgan fingerprint density at radius 2 is 1.90 bits per heavy atom. The summed E-state index contributed by atoms with van der Waals surface area (Å²) in [7, 11) is 3.98. The molecule has 2 aliphatic heterocycles. The van der Waals surface area contributed by atoms with Gasteiger partial charge in [0.2, 0.25) is 5.72 Å². The molecule has 0 saturated carbocycles. The van der Waals surface area contributed by atoms with E-state index in [0.717, 1.165) is 16.8 Å². The predicted octanol–water partition coefficient (Wildman–Crippen LogP) is 2.34. The van der Waals surface area contributed by atoms with Gasteiger partial charge in [0.25, 0.3) is 5.56 Å². The second kappa shape index (κ2) is 6.92. The zero-order chi connectivity index (χ0) is 21.9. The average Bonchev–Trinajstić information content (AvgIpc) is 3.01. The van der Waals surface area contributed by atoms with Gasteiger partial charge in [-0.15, -0.1) is 0 Å². The first kappa shape index (κ1) is 19.8. The molecular formula is C24H23N3O3S. The number of rotatable bonds is 3. The molecule has 0 radical (unpaired) electrons. The fraction of sp³-hybridized carbons (Fsp3) is 0.292. The highest BCUT2D eigenvalue weighted by Gasteiger charge is 2.53. The number of ether oxygens (including phenoxy) is 1. The largest absolute Gasteiger partial charge is 0.465 e. The number of nitrogens with zero attached hydrogens (tertiary/aromatic N) is 3. The van der Waals surface area contributed by atoms with Crippen LogP contribution in [0.3, 0.4) is 0 Å². The van der Waals surface area contributed by atoms with Crippen LogP contribution in [0.1, 0.15) is 31.0 Å². The van der Waals surface area contributed by atoms with Crippen LogP contribution in [0.25, 0.3) is 6.08 Å². The molecule has 7 heteroatoms. The van der Waals surface area contributed by atoms with Crippen molar-refractivity contribution in [1.82, 2.24) is 4.57 Å². The molecule has 2 bridgehead atoms. The minimum absolute atomic E-state index is 0.0423. The van der Waals surface area contributed by atoms with Crippen LogP contribution in [0.4, 0.5) is 5.69 Å². The van der Waals surface area contributed by atoms with Crippen LogP contribution in [0, 0.1) is 5.92 Å². The predicted molar refractivity (Wildman–Crippen MR) is 121 cm³/mol. The summed E-state index contributed by atoms with van der Waals surface area (Å²) in [4.78, 5) is 33.6. The quantitative estimate of drug-likeness (QED) is 0.636. The van der Waals surface area contributed by atoms with Crippen molar-refractivity contribution in [3.8, 4) is 5.75 Å². The zero-order valence-corrected chi connectivity index (χ0v) is 18.6. The van der Waals surface area contributed by atoms with Crippen molar-refractivity contribution in [2.75, 3.05) is 19.0 Å². The van der Waals surface area contributed by atoms with Gasteiger partial charge in [0, 0.05) is 25.3 Å². The molecule has 0 aliphatic carbocycles. The first-order chi connectivity index (χ1) is 14.8. The van der Waals surface area contributed by atoms with Gasteiger partial charge in [-0.05, 0) is 43.7 Å². The number of fused-ring (bicyclic) bond motifs is 6. The van der Waals surface area contributed by atoms with E-state index >= 15 is 0 Å². The maximum absolute atomic E-state index is 13.5. The number of anilines is 1. The summed E-state index contributed by atoms with van der Waals surface area (Å²) < 4.78 is 8.48. The van der Waals surface area contributed by atoms with Crippen molar-refractivity contribution in [2.24, 2.45) is 10.9 Å². The molecule has 0 amide bonds. The second-order valence-electron chi connectivity index (χ2n) is 8.39. The Morgan fingerprint density at radius 3 is 2.58 bits per heavy atom. The minimum Gasteiger partial charge on any atom is -0.465 e. The van der Waals surface area contributed by atoms with Crippen LogP contribution < -0.4 is 24.5 Å². The third kappa shape index (κ3) is 3.03. The number of benzene rings is 2. The molecule has 31 heavy (non-hydrogen) atoms. The van der Waals surface area contributed by atoms with Crippen molar-refractivity contribution >= 4 is 28.9 Å². The molecule has 5 rings (SSSR count). The summed E-state index contributed by atoms with van der Waals surface area (Å²) in [5, 5.41) is 0. The van der Waals surface area contributed by atoms with Gasteiger partial charge in [-0.2, -0.15) is 0 Å². The van der Waals surface area contributed by atoms with Crippen molar-refractivity contribution in [1.29, 1.82) is 0 Å². The summed E-state index contributed by atoms with van der Waals surface area (Å²) in [6.07, 6.45) is 1.88. The monoisotopic (exact) mass is 433 g/mol. The molecule has 2 aromatic carbocycles. The standard InChI is InChI=1S/C24H23N3O3S/c1-14(28)20-21-17-7-5-6-8-18(17)30-24(20,2)25-23-27(21)22(29)19(31-23)13-15-9-11-16(12-10-15)26(3)4/h5-13,20-21H,1-4H3/b19-13+/t20-,21-,24-/m0/s1. The fourth-order valence-corrected chi connectivity index (χ4v) is 5.68. The molecule has 0 unspecified atom stereocenters. The lowest BCUT2D eigenvalue weighted by Gasteiger charge is -2.45.